The fourth-order valence-corrected chi connectivity index (χ4v) is 2.12. The molecule has 1 atom stereocenters. The van der Waals surface area contributed by atoms with E-state index in [0.29, 0.717) is 16.3 Å². The Morgan fingerprint density at radius 2 is 1.79 bits per heavy atom. The number of hydrogen-bond acceptors (Lipinski definition) is 2. The van der Waals surface area contributed by atoms with Crippen molar-refractivity contribution in [1.82, 2.24) is 5.32 Å². The van der Waals surface area contributed by atoms with Crippen molar-refractivity contribution in [2.75, 3.05) is 5.73 Å². The fraction of sp³-hybridized carbons (Fsp3) is 0.133. The molecule has 0 radical (unpaired) electrons. The third-order valence-electron chi connectivity index (χ3n) is 2.89. The summed E-state index contributed by atoms with van der Waals surface area (Å²) in [6, 6.07) is 14.1. The van der Waals surface area contributed by atoms with E-state index in [2.05, 4.69) is 5.32 Å². The van der Waals surface area contributed by atoms with Gasteiger partial charge in [0.05, 0.1) is 6.04 Å². The summed E-state index contributed by atoms with van der Waals surface area (Å²) < 4.78 is 0. The highest BCUT2D eigenvalue weighted by Crippen LogP contribution is 2.22. The van der Waals surface area contributed by atoms with Crippen LogP contribution < -0.4 is 11.1 Å². The molecule has 1 unspecified atom stereocenters. The SMILES string of the molecule is CC(NC(=O)c1ccc(N)cc1)c1ccccc1Cl. The summed E-state index contributed by atoms with van der Waals surface area (Å²) in [4.78, 5) is 12.1. The minimum absolute atomic E-state index is 0.146. The van der Waals surface area contributed by atoms with E-state index in [1.165, 1.54) is 0 Å². The van der Waals surface area contributed by atoms with Crippen molar-refractivity contribution in [2.45, 2.75) is 13.0 Å². The molecule has 0 spiro atoms. The second-order valence-corrected chi connectivity index (χ2v) is 4.75. The molecule has 0 aromatic heterocycles. The molecule has 2 aromatic rings. The molecule has 0 aliphatic heterocycles. The number of carbonyl (C=O) groups is 1. The highest BCUT2D eigenvalue weighted by Gasteiger charge is 2.13. The van der Waals surface area contributed by atoms with Crippen molar-refractivity contribution in [1.29, 1.82) is 0 Å². The number of nitrogens with one attached hydrogen (secondary N) is 1. The Morgan fingerprint density at radius 1 is 1.16 bits per heavy atom. The number of anilines is 1. The van der Waals surface area contributed by atoms with Gasteiger partial charge in [-0.15, -0.1) is 0 Å². The number of amides is 1. The standard InChI is InChI=1S/C15H15ClN2O/c1-10(13-4-2-3-5-14(13)16)18-15(19)11-6-8-12(17)9-7-11/h2-10H,17H2,1H3,(H,18,19). The normalized spacial score (nSPS) is 11.9. The zero-order valence-corrected chi connectivity index (χ0v) is 11.3. The van der Waals surface area contributed by atoms with Crippen molar-refractivity contribution < 1.29 is 4.79 Å². The van der Waals surface area contributed by atoms with E-state index in [9.17, 15) is 4.79 Å². The van der Waals surface area contributed by atoms with Crippen LogP contribution in [0.2, 0.25) is 5.02 Å². The predicted molar refractivity (Wildman–Crippen MR) is 78.2 cm³/mol. The van der Waals surface area contributed by atoms with Gasteiger partial charge in [-0.3, -0.25) is 4.79 Å². The zero-order chi connectivity index (χ0) is 13.8. The highest BCUT2D eigenvalue weighted by atomic mass is 35.5. The van der Waals surface area contributed by atoms with Gasteiger partial charge in [0.25, 0.3) is 5.91 Å². The summed E-state index contributed by atoms with van der Waals surface area (Å²) >= 11 is 6.10. The monoisotopic (exact) mass is 274 g/mol. The second kappa shape index (κ2) is 5.76. The van der Waals surface area contributed by atoms with Gasteiger partial charge in [-0.25, -0.2) is 0 Å². The predicted octanol–water partition coefficient (Wildman–Crippen LogP) is 3.41. The van der Waals surface area contributed by atoms with Crippen molar-refractivity contribution >= 4 is 23.2 Å². The average molecular weight is 275 g/mol. The van der Waals surface area contributed by atoms with Crippen LogP contribution in [0.4, 0.5) is 5.69 Å². The van der Waals surface area contributed by atoms with E-state index in [1.807, 2.05) is 31.2 Å². The summed E-state index contributed by atoms with van der Waals surface area (Å²) in [6.45, 7) is 1.90. The van der Waals surface area contributed by atoms with Gasteiger partial charge < -0.3 is 11.1 Å². The van der Waals surface area contributed by atoms with Crippen LogP contribution in [0.3, 0.4) is 0 Å². The third-order valence-corrected chi connectivity index (χ3v) is 3.24. The first-order valence-corrected chi connectivity index (χ1v) is 6.36. The number of benzene rings is 2. The lowest BCUT2D eigenvalue weighted by atomic mass is 10.1. The Labute approximate surface area is 117 Å². The van der Waals surface area contributed by atoms with Crippen LogP contribution in [0.5, 0.6) is 0 Å². The van der Waals surface area contributed by atoms with E-state index in [4.69, 9.17) is 17.3 Å². The second-order valence-electron chi connectivity index (χ2n) is 4.34. The van der Waals surface area contributed by atoms with Crippen molar-refractivity contribution in [2.24, 2.45) is 0 Å². The lowest BCUT2D eigenvalue weighted by molar-refractivity contribution is 0.0940. The minimum Gasteiger partial charge on any atom is -0.399 e. The Bertz CT molecular complexity index is 581. The Morgan fingerprint density at radius 3 is 2.42 bits per heavy atom. The maximum atomic E-state index is 12.1. The summed E-state index contributed by atoms with van der Waals surface area (Å²) in [5, 5.41) is 3.55. The van der Waals surface area contributed by atoms with Gasteiger partial charge >= 0.3 is 0 Å². The van der Waals surface area contributed by atoms with Crippen LogP contribution >= 0.6 is 11.6 Å². The maximum absolute atomic E-state index is 12.1. The smallest absolute Gasteiger partial charge is 0.251 e. The fourth-order valence-electron chi connectivity index (χ4n) is 1.82. The third kappa shape index (κ3) is 3.26. The molecule has 98 valence electrons. The van der Waals surface area contributed by atoms with E-state index >= 15 is 0 Å². The first kappa shape index (κ1) is 13.4. The minimum atomic E-state index is -0.154. The molecular formula is C15H15ClN2O. The Balaban J connectivity index is 2.11. The van der Waals surface area contributed by atoms with Gasteiger partial charge in [-0.1, -0.05) is 29.8 Å². The van der Waals surface area contributed by atoms with Gasteiger partial charge in [0.1, 0.15) is 0 Å². The van der Waals surface area contributed by atoms with Gasteiger partial charge in [0.2, 0.25) is 0 Å². The molecule has 3 N–H and O–H groups in total. The van der Waals surface area contributed by atoms with E-state index in [0.717, 1.165) is 5.56 Å². The first-order valence-electron chi connectivity index (χ1n) is 5.99. The van der Waals surface area contributed by atoms with E-state index < -0.39 is 0 Å². The van der Waals surface area contributed by atoms with Crippen LogP contribution in [-0.2, 0) is 0 Å². The van der Waals surface area contributed by atoms with Crippen LogP contribution in [0.15, 0.2) is 48.5 Å². The van der Waals surface area contributed by atoms with E-state index in [1.54, 1.807) is 24.3 Å². The maximum Gasteiger partial charge on any atom is 0.251 e. The molecule has 19 heavy (non-hydrogen) atoms. The van der Waals surface area contributed by atoms with Crippen molar-refractivity contribution in [3.8, 4) is 0 Å². The summed E-state index contributed by atoms with van der Waals surface area (Å²) in [5.74, 6) is -0.146. The Kier molecular flexibility index (Phi) is 4.07. The summed E-state index contributed by atoms with van der Waals surface area (Å²) in [7, 11) is 0. The lowest BCUT2D eigenvalue weighted by Crippen LogP contribution is -2.26. The molecule has 3 nitrogen and oxygen atoms in total. The average Bonchev–Trinajstić information content (AvgIpc) is 2.39. The largest absolute Gasteiger partial charge is 0.399 e. The highest BCUT2D eigenvalue weighted by molar-refractivity contribution is 6.31. The number of carbonyl (C=O) groups excluding carboxylic acids is 1. The zero-order valence-electron chi connectivity index (χ0n) is 10.6. The molecule has 0 saturated heterocycles. The molecule has 4 heteroatoms. The molecule has 2 rings (SSSR count). The Hall–Kier alpha value is -2.00. The quantitative estimate of drug-likeness (QED) is 0.843. The number of nitrogen functional groups attached to an aromatic ring is 1. The van der Waals surface area contributed by atoms with Crippen molar-refractivity contribution in [3.63, 3.8) is 0 Å². The number of hydrogen-bond donors (Lipinski definition) is 2. The van der Waals surface area contributed by atoms with Gasteiger partial charge in [-0.05, 0) is 42.8 Å². The topological polar surface area (TPSA) is 55.1 Å². The number of halogens is 1. The van der Waals surface area contributed by atoms with Crippen molar-refractivity contribution in [3.05, 3.63) is 64.7 Å². The van der Waals surface area contributed by atoms with Crippen LogP contribution in [0, 0.1) is 0 Å². The van der Waals surface area contributed by atoms with Crippen LogP contribution in [-0.4, -0.2) is 5.91 Å². The molecular weight excluding hydrogens is 260 g/mol. The van der Waals surface area contributed by atoms with E-state index in [-0.39, 0.29) is 11.9 Å². The molecule has 0 heterocycles. The molecule has 0 fully saturated rings. The molecule has 0 aliphatic carbocycles. The molecule has 0 aliphatic rings. The van der Waals surface area contributed by atoms with Crippen LogP contribution in [0.1, 0.15) is 28.9 Å². The van der Waals surface area contributed by atoms with Gasteiger partial charge in [-0.2, -0.15) is 0 Å². The summed E-state index contributed by atoms with van der Waals surface area (Å²) in [6.07, 6.45) is 0. The lowest BCUT2D eigenvalue weighted by Gasteiger charge is -2.15. The molecule has 0 saturated carbocycles. The van der Waals surface area contributed by atoms with Crippen LogP contribution in [0.25, 0.3) is 0 Å². The number of rotatable bonds is 3. The van der Waals surface area contributed by atoms with Gasteiger partial charge in [0.15, 0.2) is 0 Å². The summed E-state index contributed by atoms with van der Waals surface area (Å²) in [5.41, 5.74) is 7.70. The molecule has 1 amide bonds. The number of nitrogens with two attached hydrogens (primary N) is 1. The van der Waals surface area contributed by atoms with Gasteiger partial charge in [0, 0.05) is 16.3 Å². The molecule has 0 bridgehead atoms. The molecule has 2 aromatic carbocycles. The first-order chi connectivity index (χ1) is 9.08.